The third-order valence-electron chi connectivity index (χ3n) is 4.48. The molecule has 0 saturated carbocycles. The van der Waals surface area contributed by atoms with Gasteiger partial charge in [0.25, 0.3) is 0 Å². The number of benzene rings is 3. The van der Waals surface area contributed by atoms with Gasteiger partial charge in [0.1, 0.15) is 12.4 Å². The van der Waals surface area contributed by atoms with E-state index in [1.165, 1.54) is 5.56 Å². The quantitative estimate of drug-likeness (QED) is 0.220. The van der Waals surface area contributed by atoms with E-state index in [1.54, 1.807) is 22.7 Å². The minimum Gasteiger partial charge on any atom is -0.489 e. The molecule has 1 aromatic heterocycles. The van der Waals surface area contributed by atoms with Crippen molar-refractivity contribution in [3.05, 3.63) is 106 Å². The summed E-state index contributed by atoms with van der Waals surface area (Å²) in [5.41, 5.74) is 3.29. The van der Waals surface area contributed by atoms with Crippen LogP contribution >= 0.6 is 27.7 Å². The first-order valence-electron chi connectivity index (χ1n) is 9.78. The summed E-state index contributed by atoms with van der Waals surface area (Å²) in [6.07, 6.45) is 1.80. The number of nitrogens with zero attached hydrogens (tertiary/aromatic N) is 4. The zero-order valence-electron chi connectivity index (χ0n) is 17.0. The number of hydrogen-bond acceptors (Lipinski definition) is 5. The third kappa shape index (κ3) is 6.06. The number of halogens is 1. The van der Waals surface area contributed by atoms with Crippen LogP contribution in [-0.2, 0) is 12.4 Å². The highest BCUT2D eigenvalue weighted by molar-refractivity contribution is 9.10. The van der Waals surface area contributed by atoms with E-state index in [-0.39, 0.29) is 0 Å². The first kappa shape index (κ1) is 21.3. The highest BCUT2D eigenvalue weighted by Gasteiger charge is 2.08. The van der Waals surface area contributed by atoms with Gasteiger partial charge in [0.15, 0.2) is 5.82 Å². The summed E-state index contributed by atoms with van der Waals surface area (Å²) in [4.78, 5) is 0. The number of aryl methyl sites for hydroxylation is 1. The minimum atomic E-state index is 0.513. The largest absolute Gasteiger partial charge is 0.489 e. The molecule has 0 spiro atoms. The lowest BCUT2D eigenvalue weighted by molar-refractivity contribution is 0.306. The van der Waals surface area contributed by atoms with Gasteiger partial charge in [-0.05, 0) is 47.9 Å². The Labute approximate surface area is 194 Å². The summed E-state index contributed by atoms with van der Waals surface area (Å²) < 4.78 is 8.75. The standard InChI is InChI=1S/C24H21BrN4OS/c1-18-27-28-24(31-17-20-6-3-2-4-7-20)29(18)26-15-21-8-5-9-23(14-21)30-16-19-10-12-22(25)13-11-19/h2-15H,16-17H2,1H3/b26-15+. The Morgan fingerprint density at radius 1 is 0.968 bits per heavy atom. The van der Waals surface area contributed by atoms with Crippen LogP contribution in [0.4, 0.5) is 0 Å². The van der Waals surface area contributed by atoms with Gasteiger partial charge in [0.05, 0.1) is 6.21 Å². The maximum atomic E-state index is 5.93. The monoisotopic (exact) mass is 492 g/mol. The first-order chi connectivity index (χ1) is 15.2. The molecule has 3 aromatic carbocycles. The number of hydrogen-bond donors (Lipinski definition) is 0. The Hall–Kier alpha value is -2.90. The van der Waals surface area contributed by atoms with E-state index in [9.17, 15) is 0 Å². The van der Waals surface area contributed by atoms with Crippen molar-refractivity contribution in [1.29, 1.82) is 0 Å². The summed E-state index contributed by atoms with van der Waals surface area (Å²) >= 11 is 5.06. The lowest BCUT2D eigenvalue weighted by Gasteiger charge is -2.07. The molecule has 0 aliphatic heterocycles. The molecule has 0 aliphatic rings. The van der Waals surface area contributed by atoms with Gasteiger partial charge in [-0.15, -0.1) is 10.2 Å². The van der Waals surface area contributed by atoms with Gasteiger partial charge in [0, 0.05) is 10.2 Å². The van der Waals surface area contributed by atoms with Gasteiger partial charge in [0.2, 0.25) is 5.16 Å². The van der Waals surface area contributed by atoms with Crippen molar-refractivity contribution in [2.24, 2.45) is 5.10 Å². The van der Waals surface area contributed by atoms with Crippen LogP contribution in [0.15, 0.2) is 93.6 Å². The van der Waals surface area contributed by atoms with Gasteiger partial charge < -0.3 is 4.74 Å². The lowest BCUT2D eigenvalue weighted by Crippen LogP contribution is -1.98. The van der Waals surface area contributed by atoms with Crippen LogP contribution in [-0.4, -0.2) is 21.1 Å². The van der Waals surface area contributed by atoms with Crippen LogP contribution in [0.3, 0.4) is 0 Å². The predicted molar refractivity (Wildman–Crippen MR) is 129 cm³/mol. The van der Waals surface area contributed by atoms with Crippen LogP contribution in [0, 0.1) is 6.92 Å². The van der Waals surface area contributed by atoms with E-state index in [1.807, 2.05) is 73.7 Å². The maximum absolute atomic E-state index is 5.93. The summed E-state index contributed by atoms with van der Waals surface area (Å²) in [6.45, 7) is 2.41. The molecule has 0 saturated heterocycles. The van der Waals surface area contributed by atoms with Crippen LogP contribution in [0.25, 0.3) is 0 Å². The average molecular weight is 493 g/mol. The topological polar surface area (TPSA) is 52.3 Å². The molecule has 0 bridgehead atoms. The maximum Gasteiger partial charge on any atom is 0.212 e. The molecule has 0 fully saturated rings. The van der Waals surface area contributed by atoms with E-state index < -0.39 is 0 Å². The summed E-state index contributed by atoms with van der Waals surface area (Å²) in [7, 11) is 0. The summed E-state index contributed by atoms with van der Waals surface area (Å²) in [5, 5.41) is 13.8. The van der Waals surface area contributed by atoms with E-state index >= 15 is 0 Å². The second kappa shape index (κ2) is 10.4. The normalized spacial score (nSPS) is 11.2. The second-order valence-corrected chi connectivity index (χ2v) is 8.71. The second-order valence-electron chi connectivity index (χ2n) is 6.85. The van der Waals surface area contributed by atoms with Crippen molar-refractivity contribution in [3.63, 3.8) is 0 Å². The number of ether oxygens (including phenoxy) is 1. The van der Waals surface area contributed by atoms with E-state index in [0.29, 0.717) is 6.61 Å². The number of rotatable bonds is 8. The molecular weight excluding hydrogens is 472 g/mol. The van der Waals surface area contributed by atoms with Crippen molar-refractivity contribution >= 4 is 33.9 Å². The Morgan fingerprint density at radius 2 is 1.77 bits per heavy atom. The molecule has 1 heterocycles. The van der Waals surface area contributed by atoms with Crippen LogP contribution < -0.4 is 4.74 Å². The third-order valence-corrected chi connectivity index (χ3v) is 6.00. The molecule has 0 unspecified atom stereocenters. The fourth-order valence-electron chi connectivity index (χ4n) is 2.84. The summed E-state index contributed by atoms with van der Waals surface area (Å²) in [6, 6.07) is 26.3. The van der Waals surface area contributed by atoms with Gasteiger partial charge in [-0.3, -0.25) is 0 Å². The molecule has 0 radical (unpaired) electrons. The molecule has 0 atom stereocenters. The molecule has 4 rings (SSSR count). The molecule has 7 heteroatoms. The van der Waals surface area contributed by atoms with E-state index in [0.717, 1.165) is 38.1 Å². The Balaban J connectivity index is 1.42. The number of thioether (sulfide) groups is 1. The molecule has 5 nitrogen and oxygen atoms in total. The zero-order chi connectivity index (χ0) is 21.5. The highest BCUT2D eigenvalue weighted by Crippen LogP contribution is 2.22. The minimum absolute atomic E-state index is 0.513. The molecule has 0 aliphatic carbocycles. The number of aromatic nitrogens is 3. The fraction of sp³-hybridized carbons (Fsp3) is 0.125. The van der Waals surface area contributed by atoms with Crippen molar-refractivity contribution in [2.45, 2.75) is 24.4 Å². The lowest BCUT2D eigenvalue weighted by atomic mass is 10.2. The van der Waals surface area contributed by atoms with Crippen LogP contribution in [0.2, 0.25) is 0 Å². The van der Waals surface area contributed by atoms with Crippen molar-refractivity contribution in [2.75, 3.05) is 0 Å². The van der Waals surface area contributed by atoms with E-state index in [4.69, 9.17) is 4.74 Å². The van der Waals surface area contributed by atoms with Crippen LogP contribution in [0.5, 0.6) is 5.75 Å². The fourth-order valence-corrected chi connectivity index (χ4v) is 3.99. The van der Waals surface area contributed by atoms with Gasteiger partial charge in [-0.25, -0.2) is 0 Å². The molecule has 156 valence electrons. The van der Waals surface area contributed by atoms with Gasteiger partial charge in [-0.2, -0.15) is 9.78 Å². The Morgan fingerprint density at radius 3 is 2.58 bits per heavy atom. The molecule has 0 N–H and O–H groups in total. The molecule has 31 heavy (non-hydrogen) atoms. The molecule has 0 amide bonds. The molecular formula is C24H21BrN4OS. The van der Waals surface area contributed by atoms with Crippen molar-refractivity contribution in [3.8, 4) is 5.75 Å². The van der Waals surface area contributed by atoms with Crippen molar-refractivity contribution < 1.29 is 4.74 Å². The van der Waals surface area contributed by atoms with Crippen LogP contribution in [0.1, 0.15) is 22.5 Å². The van der Waals surface area contributed by atoms with E-state index in [2.05, 4.69) is 43.4 Å². The zero-order valence-corrected chi connectivity index (χ0v) is 19.4. The Kier molecular flexibility index (Phi) is 7.17. The average Bonchev–Trinajstić information content (AvgIpc) is 3.16. The van der Waals surface area contributed by atoms with Gasteiger partial charge in [-0.1, -0.05) is 82.3 Å². The Bertz CT molecular complexity index is 1160. The predicted octanol–water partition coefficient (Wildman–Crippen LogP) is 6.10. The summed E-state index contributed by atoms with van der Waals surface area (Å²) in [5.74, 6) is 2.36. The smallest absolute Gasteiger partial charge is 0.212 e. The van der Waals surface area contributed by atoms with Crippen molar-refractivity contribution in [1.82, 2.24) is 14.9 Å². The van der Waals surface area contributed by atoms with Gasteiger partial charge >= 0.3 is 0 Å². The first-order valence-corrected chi connectivity index (χ1v) is 11.6. The molecule has 4 aromatic rings. The highest BCUT2D eigenvalue weighted by atomic mass is 79.9. The SMILES string of the molecule is Cc1nnc(SCc2ccccc2)n1/N=C/c1cccc(OCc2ccc(Br)cc2)c1.